The number of nitrogens with zero attached hydrogens (tertiary/aromatic N) is 4. The molecule has 0 N–H and O–H groups in total. The van der Waals surface area contributed by atoms with Crippen LogP contribution in [0.5, 0.6) is 11.8 Å². The van der Waals surface area contributed by atoms with Crippen LogP contribution in [-0.2, 0) is 0 Å². The molecule has 0 aliphatic carbocycles. The van der Waals surface area contributed by atoms with E-state index >= 15 is 0 Å². The van der Waals surface area contributed by atoms with Crippen LogP contribution in [0, 0.1) is 18.3 Å². The molecule has 0 bridgehead atoms. The van der Waals surface area contributed by atoms with Gasteiger partial charge in [-0.2, -0.15) is 10.2 Å². The Labute approximate surface area is 115 Å². The van der Waals surface area contributed by atoms with E-state index in [1.807, 2.05) is 30.3 Å². The van der Waals surface area contributed by atoms with Gasteiger partial charge in [0, 0.05) is 17.3 Å². The van der Waals surface area contributed by atoms with Crippen LogP contribution in [-0.4, -0.2) is 15.0 Å². The van der Waals surface area contributed by atoms with Crippen molar-refractivity contribution >= 4 is 10.9 Å². The highest BCUT2D eigenvalue weighted by Crippen LogP contribution is 2.26. The SMILES string of the molecule is Cc1cc(C#N)nc(Oc2cccc3cccnc23)n1. The Bertz CT molecular complexity index is 818. The van der Waals surface area contributed by atoms with E-state index < -0.39 is 0 Å². The standard InChI is InChI=1S/C15H10N4O/c1-10-8-12(9-16)19-15(18-10)20-13-6-2-4-11-5-3-7-17-14(11)13/h2-8H,1H3. The van der Waals surface area contributed by atoms with E-state index in [-0.39, 0.29) is 11.7 Å². The maximum absolute atomic E-state index is 8.92. The Balaban J connectivity index is 2.06. The molecule has 0 radical (unpaired) electrons. The third-order valence-corrected chi connectivity index (χ3v) is 2.75. The highest BCUT2D eigenvalue weighted by Gasteiger charge is 2.08. The van der Waals surface area contributed by atoms with Crippen LogP contribution in [0.2, 0.25) is 0 Å². The Morgan fingerprint density at radius 2 is 2.00 bits per heavy atom. The summed E-state index contributed by atoms with van der Waals surface area (Å²) in [5, 5.41) is 9.89. The average molecular weight is 262 g/mol. The van der Waals surface area contributed by atoms with E-state index in [0.29, 0.717) is 11.4 Å². The van der Waals surface area contributed by atoms with Crippen molar-refractivity contribution in [3.8, 4) is 17.8 Å². The molecule has 5 heteroatoms. The van der Waals surface area contributed by atoms with Gasteiger partial charge in [0.05, 0.1) is 0 Å². The van der Waals surface area contributed by atoms with Gasteiger partial charge in [0.1, 0.15) is 17.3 Å². The number of hydrogen-bond donors (Lipinski definition) is 0. The Kier molecular flexibility index (Phi) is 2.98. The summed E-state index contributed by atoms with van der Waals surface area (Å²) in [5.74, 6) is 0.567. The molecule has 0 spiro atoms. The molecule has 1 aromatic carbocycles. The predicted molar refractivity (Wildman–Crippen MR) is 73.3 cm³/mol. The molecule has 0 saturated carbocycles. The Morgan fingerprint density at radius 1 is 1.15 bits per heavy atom. The van der Waals surface area contributed by atoms with Crippen LogP contribution in [0.25, 0.3) is 10.9 Å². The number of para-hydroxylation sites is 1. The molecule has 0 unspecified atom stereocenters. The number of ether oxygens (including phenoxy) is 1. The fraction of sp³-hybridized carbons (Fsp3) is 0.0667. The van der Waals surface area contributed by atoms with Gasteiger partial charge in [0.25, 0.3) is 0 Å². The van der Waals surface area contributed by atoms with E-state index in [1.54, 1.807) is 25.3 Å². The van der Waals surface area contributed by atoms with Crippen molar-refractivity contribution in [2.45, 2.75) is 6.92 Å². The van der Waals surface area contributed by atoms with Crippen LogP contribution in [0.4, 0.5) is 0 Å². The summed E-state index contributed by atoms with van der Waals surface area (Å²) >= 11 is 0. The van der Waals surface area contributed by atoms with Crippen molar-refractivity contribution in [2.75, 3.05) is 0 Å². The van der Waals surface area contributed by atoms with Crippen LogP contribution in [0.3, 0.4) is 0 Å². The van der Waals surface area contributed by atoms with Crippen LogP contribution >= 0.6 is 0 Å². The van der Waals surface area contributed by atoms with Crippen LogP contribution in [0.1, 0.15) is 11.4 Å². The fourth-order valence-electron chi connectivity index (χ4n) is 1.90. The van der Waals surface area contributed by atoms with Gasteiger partial charge in [-0.05, 0) is 25.1 Å². The van der Waals surface area contributed by atoms with Gasteiger partial charge in [-0.3, -0.25) is 4.98 Å². The van der Waals surface area contributed by atoms with Gasteiger partial charge < -0.3 is 4.74 Å². The normalized spacial score (nSPS) is 10.2. The number of hydrogen-bond acceptors (Lipinski definition) is 5. The minimum absolute atomic E-state index is 0.153. The molecule has 0 atom stereocenters. The molecule has 3 aromatic rings. The van der Waals surface area contributed by atoms with Gasteiger partial charge in [-0.15, -0.1) is 0 Å². The van der Waals surface area contributed by atoms with Crippen molar-refractivity contribution < 1.29 is 4.74 Å². The molecule has 0 amide bonds. The second kappa shape index (κ2) is 4.94. The molecule has 3 rings (SSSR count). The quantitative estimate of drug-likeness (QED) is 0.709. The molecule has 0 fully saturated rings. The molecule has 0 aliphatic heterocycles. The van der Waals surface area contributed by atoms with Gasteiger partial charge >= 0.3 is 6.01 Å². The topological polar surface area (TPSA) is 71.7 Å². The lowest BCUT2D eigenvalue weighted by Gasteiger charge is -2.07. The summed E-state index contributed by atoms with van der Waals surface area (Å²) in [6.07, 6.45) is 1.70. The van der Waals surface area contributed by atoms with Gasteiger partial charge in [0.15, 0.2) is 5.75 Å². The van der Waals surface area contributed by atoms with Crippen molar-refractivity contribution in [3.05, 3.63) is 54.0 Å². The third-order valence-electron chi connectivity index (χ3n) is 2.75. The number of aryl methyl sites for hydroxylation is 1. The van der Waals surface area contributed by atoms with Crippen molar-refractivity contribution in [1.82, 2.24) is 15.0 Å². The molecule has 20 heavy (non-hydrogen) atoms. The first-order valence-corrected chi connectivity index (χ1v) is 6.03. The number of nitriles is 1. The lowest BCUT2D eigenvalue weighted by molar-refractivity contribution is 0.443. The molecule has 2 heterocycles. The number of fused-ring (bicyclic) bond motifs is 1. The summed E-state index contributed by atoms with van der Waals surface area (Å²) in [6, 6.07) is 13.2. The van der Waals surface area contributed by atoms with Crippen molar-refractivity contribution in [1.29, 1.82) is 5.26 Å². The summed E-state index contributed by atoms with van der Waals surface area (Å²) in [6.45, 7) is 1.79. The van der Waals surface area contributed by atoms with E-state index in [0.717, 1.165) is 10.9 Å². The van der Waals surface area contributed by atoms with Gasteiger partial charge in [0.2, 0.25) is 0 Å². The predicted octanol–water partition coefficient (Wildman–Crippen LogP) is 3.00. The van der Waals surface area contributed by atoms with Crippen molar-refractivity contribution in [2.24, 2.45) is 0 Å². The molecule has 2 aromatic heterocycles. The van der Waals surface area contributed by atoms with Gasteiger partial charge in [-0.1, -0.05) is 18.2 Å². The number of benzene rings is 1. The first-order chi connectivity index (χ1) is 9.76. The third kappa shape index (κ3) is 2.27. The summed E-state index contributed by atoms with van der Waals surface area (Å²) < 4.78 is 5.68. The zero-order valence-corrected chi connectivity index (χ0v) is 10.7. The highest BCUT2D eigenvalue weighted by molar-refractivity contribution is 5.84. The van der Waals surface area contributed by atoms with Crippen LogP contribution in [0.15, 0.2) is 42.6 Å². The summed E-state index contributed by atoms with van der Waals surface area (Å²) in [4.78, 5) is 12.5. The largest absolute Gasteiger partial charge is 0.422 e. The van der Waals surface area contributed by atoms with E-state index in [2.05, 4.69) is 15.0 Å². The summed E-state index contributed by atoms with van der Waals surface area (Å²) in [7, 11) is 0. The molecular weight excluding hydrogens is 252 g/mol. The maximum atomic E-state index is 8.92. The molecule has 0 aliphatic rings. The Morgan fingerprint density at radius 3 is 2.85 bits per heavy atom. The number of rotatable bonds is 2. The van der Waals surface area contributed by atoms with E-state index in [4.69, 9.17) is 10.00 Å². The molecule has 96 valence electrons. The number of pyridine rings is 1. The monoisotopic (exact) mass is 262 g/mol. The number of aromatic nitrogens is 3. The van der Waals surface area contributed by atoms with Crippen LogP contribution < -0.4 is 4.74 Å². The maximum Gasteiger partial charge on any atom is 0.323 e. The minimum atomic E-state index is 0.153. The highest BCUT2D eigenvalue weighted by atomic mass is 16.5. The minimum Gasteiger partial charge on any atom is -0.422 e. The summed E-state index contributed by atoms with van der Waals surface area (Å²) in [5.41, 5.74) is 1.69. The zero-order valence-electron chi connectivity index (χ0n) is 10.7. The fourth-order valence-corrected chi connectivity index (χ4v) is 1.90. The molecule has 5 nitrogen and oxygen atoms in total. The average Bonchev–Trinajstić information content (AvgIpc) is 2.47. The molecular formula is C15H10N4O. The van der Waals surface area contributed by atoms with E-state index in [9.17, 15) is 0 Å². The second-order valence-corrected chi connectivity index (χ2v) is 4.22. The first kappa shape index (κ1) is 12.1. The van der Waals surface area contributed by atoms with Gasteiger partial charge in [-0.25, -0.2) is 4.98 Å². The van der Waals surface area contributed by atoms with E-state index in [1.165, 1.54) is 0 Å². The smallest absolute Gasteiger partial charge is 0.323 e. The van der Waals surface area contributed by atoms with Crippen molar-refractivity contribution in [3.63, 3.8) is 0 Å². The second-order valence-electron chi connectivity index (χ2n) is 4.22. The zero-order chi connectivity index (χ0) is 13.9. The first-order valence-electron chi connectivity index (χ1n) is 6.03. The lowest BCUT2D eigenvalue weighted by Crippen LogP contribution is -1.97. The molecule has 0 saturated heterocycles. The Hall–Kier alpha value is -3.00. The lowest BCUT2D eigenvalue weighted by atomic mass is 10.2.